The Kier molecular flexibility index (Phi) is 6.67. The zero-order valence-electron chi connectivity index (χ0n) is 21.9. The lowest BCUT2D eigenvalue weighted by Gasteiger charge is -2.59. The van der Waals surface area contributed by atoms with Crippen LogP contribution in [0.2, 0.25) is 39.3 Å². The molecule has 4 aliphatic carbocycles. The molecule has 0 aromatic carbocycles. The number of hydrogen-bond acceptors (Lipinski definition) is 4. The molecule has 6 heteroatoms. The van der Waals surface area contributed by atoms with E-state index >= 15 is 0 Å². The van der Waals surface area contributed by atoms with Crippen LogP contribution in [0.4, 0.5) is 0 Å². The molecule has 0 aromatic rings. The Morgan fingerprint density at radius 3 is 2.34 bits per heavy atom. The van der Waals surface area contributed by atoms with Gasteiger partial charge in [0.2, 0.25) is 0 Å². The van der Waals surface area contributed by atoms with Crippen molar-refractivity contribution in [3.63, 3.8) is 0 Å². The molecule has 182 valence electrons. The Labute approximate surface area is 198 Å². The summed E-state index contributed by atoms with van der Waals surface area (Å²) in [5.74, 6) is 2.36. The normalized spacial score (nSPS) is 41.0. The van der Waals surface area contributed by atoms with Gasteiger partial charge < -0.3 is 13.7 Å². The van der Waals surface area contributed by atoms with Gasteiger partial charge in [0.05, 0.1) is 11.8 Å². The second-order valence-corrected chi connectivity index (χ2v) is 22.2. The summed E-state index contributed by atoms with van der Waals surface area (Å²) in [6, 6.07) is 0. The van der Waals surface area contributed by atoms with Crippen molar-refractivity contribution in [1.82, 2.24) is 0 Å². The van der Waals surface area contributed by atoms with Gasteiger partial charge in [0.1, 0.15) is 7.11 Å². The van der Waals surface area contributed by atoms with Gasteiger partial charge in [0, 0.05) is 12.0 Å². The molecule has 4 rings (SSSR count). The Hall–Kier alpha value is -0.436. The summed E-state index contributed by atoms with van der Waals surface area (Å²) < 4.78 is 13.5. The van der Waals surface area contributed by atoms with Gasteiger partial charge in [0.25, 0.3) is 0 Å². The van der Waals surface area contributed by atoms with Crippen molar-refractivity contribution in [1.29, 1.82) is 0 Å². The molecular weight excluding hydrogens is 430 g/mol. The molecule has 0 heterocycles. The molecule has 3 fully saturated rings. The van der Waals surface area contributed by atoms with Crippen LogP contribution in [0.3, 0.4) is 0 Å². The Morgan fingerprint density at radius 1 is 0.938 bits per heavy atom. The SMILES string of the molecule is CO/N=C1\C=C2CC[C@@H]3[C@H](CC[C@]4(C)C(O[Si](C)(C)C)CC[C@@H]34)[C@@]2(CO[Si](C)(C)C)CC1. The third-order valence-corrected chi connectivity index (χ3v) is 11.1. The van der Waals surface area contributed by atoms with Crippen molar-refractivity contribution >= 4 is 22.3 Å². The number of oxime groups is 1. The van der Waals surface area contributed by atoms with Crippen LogP contribution in [0.5, 0.6) is 0 Å². The van der Waals surface area contributed by atoms with Gasteiger partial charge in [-0.05, 0) is 120 Å². The minimum atomic E-state index is -1.59. The molecule has 0 spiro atoms. The fourth-order valence-electron chi connectivity index (χ4n) is 7.75. The minimum absolute atomic E-state index is 0.203. The van der Waals surface area contributed by atoms with Gasteiger partial charge in [-0.2, -0.15) is 0 Å². The molecular formula is C26H47NO3Si2. The average Bonchev–Trinajstić information content (AvgIpc) is 3.01. The zero-order chi connectivity index (χ0) is 23.4. The smallest absolute Gasteiger partial charge is 0.184 e. The zero-order valence-corrected chi connectivity index (χ0v) is 23.9. The van der Waals surface area contributed by atoms with E-state index in [1.54, 1.807) is 12.7 Å². The summed E-state index contributed by atoms with van der Waals surface area (Å²) in [7, 11) is -1.45. The van der Waals surface area contributed by atoms with Crippen molar-refractivity contribution < 1.29 is 13.7 Å². The summed E-state index contributed by atoms with van der Waals surface area (Å²) in [5, 5.41) is 4.32. The number of rotatable bonds is 6. The predicted octanol–water partition coefficient (Wildman–Crippen LogP) is 7.00. The molecule has 0 aliphatic heterocycles. The van der Waals surface area contributed by atoms with Crippen LogP contribution in [0.15, 0.2) is 16.8 Å². The largest absolute Gasteiger partial charge is 0.417 e. The van der Waals surface area contributed by atoms with Crippen LogP contribution >= 0.6 is 0 Å². The lowest BCUT2D eigenvalue weighted by atomic mass is 9.47. The van der Waals surface area contributed by atoms with Gasteiger partial charge in [-0.3, -0.25) is 0 Å². The molecule has 0 N–H and O–H groups in total. The van der Waals surface area contributed by atoms with Gasteiger partial charge in [-0.15, -0.1) is 0 Å². The van der Waals surface area contributed by atoms with E-state index < -0.39 is 16.6 Å². The maximum Gasteiger partial charge on any atom is 0.184 e. The molecule has 0 saturated heterocycles. The van der Waals surface area contributed by atoms with Crippen molar-refractivity contribution in [2.45, 2.75) is 104 Å². The van der Waals surface area contributed by atoms with Crippen LogP contribution < -0.4 is 0 Å². The van der Waals surface area contributed by atoms with E-state index in [4.69, 9.17) is 13.7 Å². The molecule has 0 amide bonds. The second-order valence-electron chi connectivity index (χ2n) is 13.2. The maximum atomic E-state index is 6.79. The Balaban J connectivity index is 1.64. The first-order chi connectivity index (χ1) is 14.9. The molecule has 3 saturated carbocycles. The van der Waals surface area contributed by atoms with Gasteiger partial charge in [0.15, 0.2) is 16.6 Å². The van der Waals surface area contributed by atoms with Crippen LogP contribution in [-0.2, 0) is 13.7 Å². The highest BCUT2D eigenvalue weighted by Crippen LogP contribution is 2.66. The van der Waals surface area contributed by atoms with E-state index in [0.717, 1.165) is 36.5 Å². The van der Waals surface area contributed by atoms with Crippen LogP contribution in [-0.4, -0.2) is 42.2 Å². The van der Waals surface area contributed by atoms with E-state index in [9.17, 15) is 0 Å². The fraction of sp³-hybridized carbons (Fsp3) is 0.885. The third kappa shape index (κ3) is 4.58. The fourth-order valence-corrected chi connectivity index (χ4v) is 9.68. The Morgan fingerprint density at radius 2 is 1.69 bits per heavy atom. The summed E-state index contributed by atoms with van der Waals surface area (Å²) in [6.45, 7) is 17.6. The van der Waals surface area contributed by atoms with E-state index in [1.807, 2.05) is 0 Å². The maximum absolute atomic E-state index is 6.79. The third-order valence-electron chi connectivity index (χ3n) is 9.08. The van der Waals surface area contributed by atoms with Gasteiger partial charge in [-0.25, -0.2) is 0 Å². The second kappa shape index (κ2) is 8.65. The molecule has 4 nitrogen and oxygen atoms in total. The van der Waals surface area contributed by atoms with E-state index in [-0.39, 0.29) is 5.41 Å². The summed E-state index contributed by atoms with van der Waals surface area (Å²) in [5.41, 5.74) is 3.29. The summed E-state index contributed by atoms with van der Waals surface area (Å²) in [4.78, 5) is 5.14. The first-order valence-corrected chi connectivity index (χ1v) is 19.8. The number of fused-ring (bicyclic) bond motifs is 5. The lowest BCUT2D eigenvalue weighted by molar-refractivity contribution is -0.0830. The molecule has 4 aliphatic rings. The molecule has 0 radical (unpaired) electrons. The monoisotopic (exact) mass is 477 g/mol. The minimum Gasteiger partial charge on any atom is -0.417 e. The Bertz CT molecular complexity index is 768. The quantitative estimate of drug-likeness (QED) is 0.305. The average molecular weight is 478 g/mol. The van der Waals surface area contributed by atoms with Gasteiger partial charge >= 0.3 is 0 Å². The van der Waals surface area contributed by atoms with Crippen molar-refractivity contribution in [2.24, 2.45) is 33.7 Å². The number of allylic oxidation sites excluding steroid dienone is 1. The van der Waals surface area contributed by atoms with Gasteiger partial charge in [-0.1, -0.05) is 17.7 Å². The molecule has 0 aromatic heterocycles. The van der Waals surface area contributed by atoms with Crippen molar-refractivity contribution in [2.75, 3.05) is 13.7 Å². The van der Waals surface area contributed by atoms with Crippen LogP contribution in [0, 0.1) is 28.6 Å². The van der Waals surface area contributed by atoms with Crippen LogP contribution in [0.1, 0.15) is 58.3 Å². The van der Waals surface area contributed by atoms with Crippen molar-refractivity contribution in [3.05, 3.63) is 11.6 Å². The number of nitrogens with zero attached hydrogens (tertiary/aromatic N) is 1. The highest BCUT2D eigenvalue weighted by molar-refractivity contribution is 6.70. The van der Waals surface area contributed by atoms with E-state index in [1.165, 1.54) is 44.9 Å². The predicted molar refractivity (Wildman–Crippen MR) is 138 cm³/mol. The highest BCUT2D eigenvalue weighted by Gasteiger charge is 2.60. The first-order valence-electron chi connectivity index (χ1n) is 13.0. The molecule has 6 atom stereocenters. The lowest BCUT2D eigenvalue weighted by Crippen LogP contribution is -2.55. The van der Waals surface area contributed by atoms with E-state index in [0.29, 0.717) is 11.5 Å². The highest BCUT2D eigenvalue weighted by atomic mass is 28.4. The number of hydrogen-bond donors (Lipinski definition) is 0. The first kappa shape index (κ1) is 24.7. The summed E-state index contributed by atoms with van der Waals surface area (Å²) in [6.07, 6.45) is 12.8. The molecule has 32 heavy (non-hydrogen) atoms. The standard InChI is InChI=1S/C26H47NO3Si2/c1-25-15-14-23-21(22(25)11-12-24(25)30-32(6,7)8)10-9-19-17-20(27-28-2)13-16-26(19,23)18-29-31(3,4)5/h17,21-24H,9-16,18H2,1-8H3/b27-20-/t21-,22-,23-,24?,25-,26+/m0/s1. The van der Waals surface area contributed by atoms with E-state index in [2.05, 4.69) is 57.4 Å². The topological polar surface area (TPSA) is 40.0 Å². The summed E-state index contributed by atoms with van der Waals surface area (Å²) >= 11 is 0. The molecule has 0 bridgehead atoms. The van der Waals surface area contributed by atoms with Crippen LogP contribution in [0.25, 0.3) is 0 Å². The molecule has 1 unspecified atom stereocenters. The van der Waals surface area contributed by atoms with Crippen molar-refractivity contribution in [3.8, 4) is 0 Å².